The van der Waals surface area contributed by atoms with Gasteiger partial charge in [0.2, 0.25) is 6.79 Å². The third-order valence-electron chi connectivity index (χ3n) is 6.65. The second-order valence-electron chi connectivity index (χ2n) is 8.91. The van der Waals surface area contributed by atoms with Crippen molar-refractivity contribution in [2.45, 2.75) is 33.0 Å². The Balaban J connectivity index is 1.67. The Bertz CT molecular complexity index is 1420. The van der Waals surface area contributed by atoms with Crippen LogP contribution in [-0.2, 0) is 22.6 Å². The third kappa shape index (κ3) is 4.67. The van der Waals surface area contributed by atoms with Crippen LogP contribution in [0.25, 0.3) is 0 Å². The second-order valence-corrected chi connectivity index (χ2v) is 8.91. The highest BCUT2D eigenvalue weighted by atomic mass is 19.1. The minimum atomic E-state index is -0.924. The number of rotatable bonds is 7. The van der Waals surface area contributed by atoms with Crippen LogP contribution in [0.2, 0.25) is 0 Å². The lowest BCUT2D eigenvalue weighted by atomic mass is 9.92. The normalized spacial score (nSPS) is 16.7. The molecular formula is C29H26F2N2O5. The maximum atomic E-state index is 14.8. The van der Waals surface area contributed by atoms with Gasteiger partial charge in [-0.3, -0.25) is 4.90 Å². The Labute approximate surface area is 218 Å². The SMILES string of the molecule is CCOC(=O)C1=C(C)N(Cc2ccccc2F)C(=O)N(Cc2ccccc2F)[C@H]1c1ccc2c(c1)OCO2. The maximum absolute atomic E-state index is 14.8. The van der Waals surface area contributed by atoms with E-state index < -0.39 is 29.7 Å². The molecule has 0 aromatic heterocycles. The molecule has 38 heavy (non-hydrogen) atoms. The molecule has 2 aliphatic heterocycles. The Hall–Kier alpha value is -4.40. The van der Waals surface area contributed by atoms with E-state index in [1.807, 2.05) is 0 Å². The summed E-state index contributed by atoms with van der Waals surface area (Å²) in [5, 5.41) is 0. The molecule has 0 N–H and O–H groups in total. The van der Waals surface area contributed by atoms with Crippen LogP contribution in [0.15, 0.2) is 78.0 Å². The summed E-state index contributed by atoms with van der Waals surface area (Å²) in [4.78, 5) is 30.2. The average molecular weight is 521 g/mol. The van der Waals surface area contributed by atoms with Crippen molar-refractivity contribution in [1.29, 1.82) is 0 Å². The van der Waals surface area contributed by atoms with Crippen LogP contribution < -0.4 is 9.47 Å². The minimum absolute atomic E-state index is 0.0529. The third-order valence-corrected chi connectivity index (χ3v) is 6.65. The van der Waals surface area contributed by atoms with Gasteiger partial charge < -0.3 is 19.1 Å². The Morgan fingerprint density at radius 2 is 1.58 bits per heavy atom. The first-order valence-corrected chi connectivity index (χ1v) is 12.2. The summed E-state index contributed by atoms with van der Waals surface area (Å²) in [5.41, 5.74) is 1.62. The van der Waals surface area contributed by atoms with Crippen molar-refractivity contribution in [3.63, 3.8) is 0 Å². The van der Waals surface area contributed by atoms with E-state index in [2.05, 4.69) is 0 Å². The molecule has 0 fully saturated rings. The summed E-state index contributed by atoms with van der Waals surface area (Å²) in [6.07, 6.45) is 0. The standard InChI is InChI=1S/C29H26F2N2O5/c1-3-36-28(34)26-18(2)32(15-20-8-4-6-10-22(20)30)29(35)33(16-21-9-5-7-11-23(21)31)27(26)19-12-13-24-25(14-19)38-17-37-24/h4-14,27H,3,15-17H2,1-2H3/t27-/m0/s1. The number of carbonyl (C=O) groups excluding carboxylic acids is 2. The largest absolute Gasteiger partial charge is 0.463 e. The van der Waals surface area contributed by atoms with E-state index in [9.17, 15) is 18.4 Å². The summed E-state index contributed by atoms with van der Waals surface area (Å²) >= 11 is 0. The van der Waals surface area contributed by atoms with E-state index in [1.54, 1.807) is 68.4 Å². The first-order valence-electron chi connectivity index (χ1n) is 12.2. The second kappa shape index (κ2) is 10.5. The highest BCUT2D eigenvalue weighted by Gasteiger charge is 2.43. The fraction of sp³-hybridized carbons (Fsp3) is 0.241. The molecule has 2 amide bonds. The van der Waals surface area contributed by atoms with Gasteiger partial charge in [-0.1, -0.05) is 42.5 Å². The molecule has 3 aromatic carbocycles. The highest BCUT2D eigenvalue weighted by molar-refractivity contribution is 5.95. The summed E-state index contributed by atoms with van der Waals surface area (Å²) < 4.78 is 45.8. The number of esters is 1. The van der Waals surface area contributed by atoms with E-state index in [1.165, 1.54) is 21.9 Å². The van der Waals surface area contributed by atoms with Gasteiger partial charge in [0.1, 0.15) is 11.6 Å². The number of fused-ring (bicyclic) bond motifs is 1. The molecule has 2 heterocycles. The summed E-state index contributed by atoms with van der Waals surface area (Å²) in [5.74, 6) is -0.595. The van der Waals surface area contributed by atoms with Crippen LogP contribution in [-0.4, -0.2) is 35.2 Å². The van der Waals surface area contributed by atoms with Crippen LogP contribution in [0.1, 0.15) is 36.6 Å². The average Bonchev–Trinajstić information content (AvgIpc) is 3.38. The lowest BCUT2D eigenvalue weighted by molar-refractivity contribution is -0.139. The summed E-state index contributed by atoms with van der Waals surface area (Å²) in [6, 6.07) is 15.9. The van der Waals surface area contributed by atoms with Crippen molar-refractivity contribution in [3.05, 3.63) is 106 Å². The lowest BCUT2D eigenvalue weighted by Gasteiger charge is -2.43. The molecule has 0 spiro atoms. The quantitative estimate of drug-likeness (QED) is 0.374. The summed E-state index contributed by atoms with van der Waals surface area (Å²) in [6.45, 7) is 3.21. The highest BCUT2D eigenvalue weighted by Crippen LogP contribution is 2.43. The number of carbonyl (C=O) groups is 2. The number of hydrogen-bond donors (Lipinski definition) is 0. The topological polar surface area (TPSA) is 68.3 Å². The van der Waals surface area contributed by atoms with E-state index >= 15 is 0 Å². The number of ether oxygens (including phenoxy) is 3. The van der Waals surface area contributed by atoms with Crippen LogP contribution in [0, 0.1) is 11.6 Å². The molecule has 9 heteroatoms. The molecule has 0 bridgehead atoms. The number of benzene rings is 3. The molecule has 3 aromatic rings. The van der Waals surface area contributed by atoms with Crippen molar-refractivity contribution in [2.24, 2.45) is 0 Å². The van der Waals surface area contributed by atoms with E-state index in [4.69, 9.17) is 14.2 Å². The molecule has 1 atom stereocenters. The predicted octanol–water partition coefficient (Wildman–Crippen LogP) is 5.71. The number of amides is 2. The van der Waals surface area contributed by atoms with Gasteiger partial charge in [0.15, 0.2) is 11.5 Å². The number of nitrogens with zero attached hydrogens (tertiary/aromatic N) is 2. The van der Waals surface area contributed by atoms with E-state index in [-0.39, 0.29) is 43.2 Å². The van der Waals surface area contributed by atoms with Gasteiger partial charge in [0.25, 0.3) is 0 Å². The van der Waals surface area contributed by atoms with Crippen LogP contribution in [0.3, 0.4) is 0 Å². The van der Waals surface area contributed by atoms with Crippen molar-refractivity contribution in [3.8, 4) is 11.5 Å². The van der Waals surface area contributed by atoms with Crippen LogP contribution in [0.5, 0.6) is 11.5 Å². The van der Waals surface area contributed by atoms with Gasteiger partial charge in [0, 0.05) is 16.8 Å². The number of urea groups is 1. The molecule has 0 saturated heterocycles. The number of hydrogen-bond acceptors (Lipinski definition) is 5. The Morgan fingerprint density at radius 1 is 0.947 bits per heavy atom. The molecule has 0 unspecified atom stereocenters. The minimum Gasteiger partial charge on any atom is -0.463 e. The zero-order valence-corrected chi connectivity index (χ0v) is 20.9. The van der Waals surface area contributed by atoms with E-state index in [0.717, 1.165) is 0 Å². The lowest BCUT2D eigenvalue weighted by Crippen LogP contribution is -2.50. The monoisotopic (exact) mass is 520 g/mol. The predicted molar refractivity (Wildman–Crippen MR) is 134 cm³/mol. The fourth-order valence-corrected chi connectivity index (χ4v) is 4.76. The van der Waals surface area contributed by atoms with Gasteiger partial charge in [-0.05, 0) is 43.7 Å². The number of allylic oxidation sites excluding steroid dienone is 1. The smallest absolute Gasteiger partial charge is 0.338 e. The molecule has 7 nitrogen and oxygen atoms in total. The van der Waals surface area contributed by atoms with Crippen molar-refractivity contribution < 1.29 is 32.6 Å². The molecule has 0 radical (unpaired) electrons. The van der Waals surface area contributed by atoms with Crippen LogP contribution >= 0.6 is 0 Å². The Morgan fingerprint density at radius 3 is 2.24 bits per heavy atom. The molecular weight excluding hydrogens is 494 g/mol. The van der Waals surface area contributed by atoms with Gasteiger partial charge in [0.05, 0.1) is 31.3 Å². The maximum Gasteiger partial charge on any atom is 0.338 e. The Kier molecular flexibility index (Phi) is 7.00. The molecule has 0 saturated carbocycles. The zero-order chi connectivity index (χ0) is 26.8. The van der Waals surface area contributed by atoms with Gasteiger partial charge in [-0.15, -0.1) is 0 Å². The number of halogens is 2. The molecule has 0 aliphatic carbocycles. The fourth-order valence-electron chi connectivity index (χ4n) is 4.76. The first kappa shape index (κ1) is 25.3. The molecule has 2 aliphatic rings. The van der Waals surface area contributed by atoms with Crippen LogP contribution in [0.4, 0.5) is 13.6 Å². The van der Waals surface area contributed by atoms with Gasteiger partial charge >= 0.3 is 12.0 Å². The van der Waals surface area contributed by atoms with Crippen molar-refractivity contribution in [2.75, 3.05) is 13.4 Å². The van der Waals surface area contributed by atoms with Crippen molar-refractivity contribution >= 4 is 12.0 Å². The van der Waals surface area contributed by atoms with Crippen molar-refractivity contribution in [1.82, 2.24) is 9.80 Å². The van der Waals surface area contributed by atoms with Gasteiger partial charge in [-0.25, -0.2) is 18.4 Å². The summed E-state index contributed by atoms with van der Waals surface area (Å²) in [7, 11) is 0. The van der Waals surface area contributed by atoms with Gasteiger partial charge in [-0.2, -0.15) is 0 Å². The molecule has 196 valence electrons. The molecule has 5 rings (SSSR count). The van der Waals surface area contributed by atoms with E-state index in [0.29, 0.717) is 22.8 Å². The first-order chi connectivity index (χ1) is 18.4. The zero-order valence-electron chi connectivity index (χ0n) is 20.9.